The lowest BCUT2D eigenvalue weighted by atomic mass is 9.96. The highest BCUT2D eigenvalue weighted by Gasteiger charge is 2.32. The zero-order valence-corrected chi connectivity index (χ0v) is 43.3. The highest BCUT2D eigenvalue weighted by molar-refractivity contribution is 5.92. The number of carbonyl (C=O) groups is 6. The molecule has 1 aromatic heterocycles. The van der Waals surface area contributed by atoms with Crippen molar-refractivity contribution in [2.75, 3.05) is 20.2 Å². The van der Waals surface area contributed by atoms with Gasteiger partial charge in [-0.05, 0) is 99.7 Å². The number of benzene rings is 3. The van der Waals surface area contributed by atoms with Crippen molar-refractivity contribution in [2.45, 2.75) is 155 Å². The Kier molecular flexibility index (Phi) is 24.9. The SMILES string of the molecule is COc1ccc(C[C@H](NC(=O)CCCCCNC(=O)OC(C)(C)C)C(=O)N[C@@H](Cc2cn(Cc3ccccc3)cn2)C(=O)N[C@@H](CC(C)C)[C@@H](O)CC(=O)NCCCCCC(=O)NCc2ccc(F)cc2)cc1. The first-order valence-electron chi connectivity index (χ1n) is 25.4. The Bertz CT molecular complexity index is 2320. The van der Waals surface area contributed by atoms with Crippen LogP contribution in [0.1, 0.15) is 121 Å². The number of aromatic nitrogens is 2. The molecule has 0 aliphatic rings. The van der Waals surface area contributed by atoms with Gasteiger partial charge in [0.1, 0.15) is 29.3 Å². The van der Waals surface area contributed by atoms with Crippen LogP contribution in [0.15, 0.2) is 91.4 Å². The summed E-state index contributed by atoms with van der Waals surface area (Å²) in [6.07, 6.45) is 5.82. The Morgan fingerprint density at radius 2 is 1.30 bits per heavy atom. The Hall–Kier alpha value is -6.82. The summed E-state index contributed by atoms with van der Waals surface area (Å²) in [6.45, 7) is 10.7. The quantitative estimate of drug-likeness (QED) is 0.0283. The zero-order chi connectivity index (χ0) is 53.2. The van der Waals surface area contributed by atoms with Crippen molar-refractivity contribution in [2.24, 2.45) is 5.92 Å². The maximum absolute atomic E-state index is 14.5. The van der Waals surface area contributed by atoms with Gasteiger partial charge in [0.05, 0.1) is 37.7 Å². The van der Waals surface area contributed by atoms with E-state index in [1.165, 1.54) is 12.1 Å². The number of unbranched alkanes of at least 4 members (excludes halogenated alkanes) is 4. The van der Waals surface area contributed by atoms with E-state index >= 15 is 0 Å². The van der Waals surface area contributed by atoms with Gasteiger partial charge < -0.3 is 51.0 Å². The third-order valence-electron chi connectivity index (χ3n) is 11.7. The Morgan fingerprint density at radius 3 is 1.95 bits per heavy atom. The van der Waals surface area contributed by atoms with Crippen LogP contribution in [0.2, 0.25) is 0 Å². The summed E-state index contributed by atoms with van der Waals surface area (Å²) in [7, 11) is 1.55. The van der Waals surface area contributed by atoms with Gasteiger partial charge in [-0.3, -0.25) is 24.0 Å². The van der Waals surface area contributed by atoms with E-state index in [1.807, 2.05) is 48.7 Å². The molecule has 4 atom stereocenters. The second kappa shape index (κ2) is 30.9. The number of amides is 6. The molecule has 7 N–H and O–H groups in total. The molecule has 18 heteroatoms. The van der Waals surface area contributed by atoms with Gasteiger partial charge in [-0.1, -0.05) is 81.3 Å². The summed E-state index contributed by atoms with van der Waals surface area (Å²) < 4.78 is 25.6. The maximum Gasteiger partial charge on any atom is 0.407 e. The van der Waals surface area contributed by atoms with E-state index in [0.29, 0.717) is 89.0 Å². The minimum Gasteiger partial charge on any atom is -0.497 e. The van der Waals surface area contributed by atoms with Gasteiger partial charge in [0.15, 0.2) is 0 Å². The number of alkyl carbamates (subject to hydrolysis) is 1. The highest BCUT2D eigenvalue weighted by atomic mass is 19.1. The molecule has 0 radical (unpaired) electrons. The van der Waals surface area contributed by atoms with Crippen LogP contribution in [-0.2, 0) is 54.6 Å². The molecule has 4 aromatic rings. The second-order valence-electron chi connectivity index (χ2n) is 19.8. The summed E-state index contributed by atoms with van der Waals surface area (Å²) in [4.78, 5) is 84.3. The fourth-order valence-electron chi connectivity index (χ4n) is 7.86. The number of rotatable bonds is 31. The van der Waals surface area contributed by atoms with E-state index < -0.39 is 53.6 Å². The number of imidazole rings is 1. The first-order valence-corrected chi connectivity index (χ1v) is 25.4. The number of carbonyl (C=O) groups excluding carboxylic acids is 6. The van der Waals surface area contributed by atoms with Crippen LogP contribution >= 0.6 is 0 Å². The highest BCUT2D eigenvalue weighted by Crippen LogP contribution is 2.16. The van der Waals surface area contributed by atoms with Crippen molar-refractivity contribution in [3.63, 3.8) is 0 Å². The molecule has 17 nitrogen and oxygen atoms in total. The van der Waals surface area contributed by atoms with Gasteiger partial charge in [0.25, 0.3) is 0 Å². The number of halogens is 1. The number of ether oxygens (including phenoxy) is 2. The van der Waals surface area contributed by atoms with Crippen molar-refractivity contribution >= 4 is 35.6 Å². The number of aliphatic hydroxyl groups is 1. The Balaban J connectivity index is 1.41. The average Bonchev–Trinajstić information content (AvgIpc) is 3.78. The summed E-state index contributed by atoms with van der Waals surface area (Å²) in [5.41, 5.74) is 2.46. The van der Waals surface area contributed by atoms with E-state index in [4.69, 9.17) is 9.47 Å². The van der Waals surface area contributed by atoms with Gasteiger partial charge in [-0.2, -0.15) is 0 Å². The molecule has 3 aromatic carbocycles. The molecule has 0 spiro atoms. The lowest BCUT2D eigenvalue weighted by Crippen LogP contribution is -2.57. The third kappa shape index (κ3) is 24.0. The van der Waals surface area contributed by atoms with Crippen LogP contribution in [-0.4, -0.2) is 100 Å². The van der Waals surface area contributed by atoms with Crippen molar-refractivity contribution in [3.05, 3.63) is 120 Å². The number of nitrogens with one attached hydrogen (secondary N) is 6. The number of nitrogens with zero attached hydrogens (tertiary/aromatic N) is 2. The molecule has 398 valence electrons. The molecule has 0 saturated heterocycles. The maximum atomic E-state index is 14.5. The Morgan fingerprint density at radius 1 is 0.685 bits per heavy atom. The predicted molar refractivity (Wildman–Crippen MR) is 276 cm³/mol. The summed E-state index contributed by atoms with van der Waals surface area (Å²) in [6, 6.07) is 19.6. The van der Waals surface area contributed by atoms with E-state index in [-0.39, 0.29) is 49.2 Å². The van der Waals surface area contributed by atoms with Gasteiger partial charge >= 0.3 is 6.09 Å². The average molecular weight is 1010 g/mol. The van der Waals surface area contributed by atoms with Crippen molar-refractivity contribution in [1.29, 1.82) is 0 Å². The van der Waals surface area contributed by atoms with Crippen LogP contribution in [0.3, 0.4) is 0 Å². The van der Waals surface area contributed by atoms with Crippen molar-refractivity contribution in [1.82, 2.24) is 41.5 Å². The largest absolute Gasteiger partial charge is 0.497 e. The molecule has 0 fully saturated rings. The number of hydrogen-bond acceptors (Lipinski definition) is 10. The monoisotopic (exact) mass is 1010 g/mol. The number of methoxy groups -OCH3 is 1. The van der Waals surface area contributed by atoms with Gasteiger partial charge in [0, 0.05) is 58.1 Å². The molecule has 0 aliphatic carbocycles. The van der Waals surface area contributed by atoms with Gasteiger partial charge in [-0.15, -0.1) is 0 Å². The lowest BCUT2D eigenvalue weighted by Gasteiger charge is -2.29. The van der Waals surface area contributed by atoms with Crippen LogP contribution in [0.5, 0.6) is 5.75 Å². The van der Waals surface area contributed by atoms with E-state index in [0.717, 1.165) is 16.7 Å². The van der Waals surface area contributed by atoms with Crippen molar-refractivity contribution < 1.29 is 47.7 Å². The molecule has 1 heterocycles. The zero-order valence-electron chi connectivity index (χ0n) is 43.3. The molecule has 4 rings (SSSR count). The molecule has 0 saturated carbocycles. The summed E-state index contributed by atoms with van der Waals surface area (Å²) >= 11 is 0. The summed E-state index contributed by atoms with van der Waals surface area (Å²) in [5.74, 6) is -1.84. The first kappa shape index (κ1) is 58.7. The molecular weight excluding hydrogens is 936 g/mol. The Labute approximate surface area is 429 Å². The fourth-order valence-corrected chi connectivity index (χ4v) is 7.86. The summed E-state index contributed by atoms with van der Waals surface area (Å²) in [5, 5.41) is 28.6. The van der Waals surface area contributed by atoms with Crippen LogP contribution < -0.4 is 36.6 Å². The second-order valence-corrected chi connectivity index (χ2v) is 19.8. The lowest BCUT2D eigenvalue weighted by molar-refractivity contribution is -0.133. The van der Waals surface area contributed by atoms with Gasteiger partial charge in [0.2, 0.25) is 29.5 Å². The standard InChI is InChI=1S/C55H77FN8O9/c1-38(2)30-45(48(65)33-51(68)57-28-14-8-12-18-49(66)59-34-40-20-24-42(56)25-21-40)62-53(70)47(32-43-36-64(37-60-43)35-41-16-10-7-11-17-41)63-52(69)46(31-39-22-26-44(72-6)27-23-39)61-50(67)19-13-9-15-29-58-54(71)73-55(3,4)5/h7,10-11,16-17,20-27,36-38,45-48,65H,8-9,12-15,18-19,28-35H2,1-6H3,(H,57,68)(H,58,71)(H,59,66)(H,61,67)(H,62,70)(H,63,69)/t45-,46-,47-,48-/m0/s1. The minimum absolute atomic E-state index is 0.00274. The van der Waals surface area contributed by atoms with E-state index in [9.17, 15) is 38.3 Å². The minimum atomic E-state index is -1.27. The van der Waals surface area contributed by atoms with Crippen LogP contribution in [0.4, 0.5) is 9.18 Å². The smallest absolute Gasteiger partial charge is 0.407 e. The molecular formula is C55H77FN8O9. The molecule has 0 aliphatic heterocycles. The van der Waals surface area contributed by atoms with Gasteiger partial charge in [-0.25, -0.2) is 14.2 Å². The normalized spacial score (nSPS) is 12.9. The fraction of sp³-hybridized carbons (Fsp3) is 0.509. The molecule has 0 unspecified atom stereocenters. The molecule has 0 bridgehead atoms. The number of aliphatic hydroxyl groups excluding tert-OH is 1. The van der Waals surface area contributed by atoms with Crippen molar-refractivity contribution in [3.8, 4) is 5.75 Å². The van der Waals surface area contributed by atoms with Crippen LogP contribution in [0.25, 0.3) is 0 Å². The van der Waals surface area contributed by atoms with Crippen LogP contribution in [0, 0.1) is 11.7 Å². The molecule has 6 amide bonds. The van der Waals surface area contributed by atoms with E-state index in [1.54, 1.807) is 76.8 Å². The number of hydrogen-bond donors (Lipinski definition) is 7. The molecule has 73 heavy (non-hydrogen) atoms. The predicted octanol–water partition coefficient (Wildman–Crippen LogP) is 6.19. The topological polar surface area (TPSA) is 231 Å². The first-order chi connectivity index (χ1) is 34.8. The third-order valence-corrected chi connectivity index (χ3v) is 11.7. The van der Waals surface area contributed by atoms with E-state index in [2.05, 4.69) is 36.9 Å².